The van der Waals surface area contributed by atoms with Gasteiger partial charge in [0.15, 0.2) is 0 Å². The lowest BCUT2D eigenvalue weighted by Gasteiger charge is -2.08. The van der Waals surface area contributed by atoms with Crippen LogP contribution in [0.15, 0.2) is 83.9 Å². The number of halogens is 1. The zero-order chi connectivity index (χ0) is 23.2. The summed E-state index contributed by atoms with van der Waals surface area (Å²) in [7, 11) is 0. The molecule has 0 aliphatic carbocycles. The van der Waals surface area contributed by atoms with Gasteiger partial charge in [-0.1, -0.05) is 47.5 Å². The summed E-state index contributed by atoms with van der Waals surface area (Å²) in [5.74, 6) is 0.130. The number of nitrogens with zero attached hydrogens (tertiary/aromatic N) is 1. The summed E-state index contributed by atoms with van der Waals surface area (Å²) < 4.78 is 2.12. The monoisotopic (exact) mass is 477 g/mol. The second-order valence-corrected chi connectivity index (χ2v) is 9.12. The molecule has 1 aromatic heterocycles. The number of nitrogens with one attached hydrogen (secondary N) is 2. The third-order valence-corrected chi connectivity index (χ3v) is 6.49. The quantitative estimate of drug-likeness (QED) is 0.317. The average molecular weight is 478 g/mol. The fourth-order valence-electron chi connectivity index (χ4n) is 3.48. The van der Waals surface area contributed by atoms with E-state index in [4.69, 9.17) is 11.6 Å². The Hall–Kier alpha value is -3.22. The minimum atomic E-state index is -0.0834. The number of rotatable bonds is 8. The predicted octanol–water partition coefficient (Wildman–Crippen LogP) is 5.76. The fourth-order valence-corrected chi connectivity index (χ4v) is 4.50. The minimum Gasteiger partial charge on any atom is -0.350 e. The largest absolute Gasteiger partial charge is 0.350 e. The Morgan fingerprint density at radius 1 is 0.970 bits per heavy atom. The summed E-state index contributed by atoms with van der Waals surface area (Å²) in [5, 5.41) is 7.59. The first kappa shape index (κ1) is 23.0. The molecule has 0 bridgehead atoms. The van der Waals surface area contributed by atoms with Gasteiger partial charge < -0.3 is 15.2 Å². The van der Waals surface area contributed by atoms with Crippen molar-refractivity contribution in [2.24, 2.45) is 0 Å². The molecule has 1 heterocycles. The standard InChI is InChI=1S/C26H24ClN3O2S/c1-18-6-8-19(9-7-18)26(32)28-14-15-30-16-24(22-4-2-3-5-23(22)30)33-17-25(31)29-21-12-10-20(27)11-13-21/h2-13,16H,14-15,17H2,1H3,(H,28,32)(H,29,31). The molecule has 4 rings (SSSR count). The van der Waals surface area contributed by atoms with E-state index in [2.05, 4.69) is 27.3 Å². The van der Waals surface area contributed by atoms with Crippen LogP contribution in [0.5, 0.6) is 0 Å². The van der Waals surface area contributed by atoms with Crippen LogP contribution >= 0.6 is 23.4 Å². The topological polar surface area (TPSA) is 63.1 Å². The van der Waals surface area contributed by atoms with Gasteiger partial charge in [-0.2, -0.15) is 0 Å². The van der Waals surface area contributed by atoms with E-state index in [9.17, 15) is 9.59 Å². The van der Waals surface area contributed by atoms with Crippen molar-refractivity contribution in [1.82, 2.24) is 9.88 Å². The zero-order valence-corrected chi connectivity index (χ0v) is 19.7. The molecule has 2 N–H and O–H groups in total. The molecule has 0 spiro atoms. The van der Waals surface area contributed by atoms with Crippen molar-refractivity contribution < 1.29 is 9.59 Å². The number of carbonyl (C=O) groups excluding carboxylic acids is 2. The maximum atomic E-state index is 12.4. The van der Waals surface area contributed by atoms with Crippen molar-refractivity contribution in [3.63, 3.8) is 0 Å². The van der Waals surface area contributed by atoms with Crippen LogP contribution in [0.1, 0.15) is 15.9 Å². The number of hydrogen-bond donors (Lipinski definition) is 2. The average Bonchev–Trinajstić information content (AvgIpc) is 3.17. The van der Waals surface area contributed by atoms with Gasteiger partial charge in [0.2, 0.25) is 5.91 Å². The summed E-state index contributed by atoms with van der Waals surface area (Å²) in [5.41, 5.74) is 3.57. The van der Waals surface area contributed by atoms with E-state index in [1.54, 1.807) is 24.3 Å². The first-order valence-corrected chi connectivity index (χ1v) is 12.0. The van der Waals surface area contributed by atoms with Crippen LogP contribution in [-0.4, -0.2) is 28.7 Å². The lowest BCUT2D eigenvalue weighted by Crippen LogP contribution is -2.27. The van der Waals surface area contributed by atoms with Crippen LogP contribution < -0.4 is 10.6 Å². The van der Waals surface area contributed by atoms with Gasteiger partial charge in [-0.05, 0) is 49.4 Å². The number of anilines is 1. The predicted molar refractivity (Wildman–Crippen MR) is 136 cm³/mol. The molecule has 4 aromatic rings. The lowest BCUT2D eigenvalue weighted by molar-refractivity contribution is -0.113. The molecule has 33 heavy (non-hydrogen) atoms. The van der Waals surface area contributed by atoms with E-state index < -0.39 is 0 Å². The molecular weight excluding hydrogens is 454 g/mol. The highest BCUT2D eigenvalue weighted by atomic mass is 35.5. The van der Waals surface area contributed by atoms with Crippen molar-refractivity contribution in [1.29, 1.82) is 0 Å². The van der Waals surface area contributed by atoms with Gasteiger partial charge in [0, 0.05) is 51.4 Å². The second kappa shape index (κ2) is 10.6. The Kier molecular flexibility index (Phi) is 7.37. The molecule has 0 fully saturated rings. The number of hydrogen-bond acceptors (Lipinski definition) is 3. The second-order valence-electron chi connectivity index (χ2n) is 7.67. The molecule has 0 saturated heterocycles. The fraction of sp³-hybridized carbons (Fsp3) is 0.154. The Morgan fingerprint density at radius 3 is 2.45 bits per heavy atom. The molecule has 0 saturated carbocycles. The van der Waals surface area contributed by atoms with E-state index in [0.29, 0.717) is 29.4 Å². The molecule has 0 radical (unpaired) electrons. The van der Waals surface area contributed by atoms with Gasteiger partial charge in [-0.3, -0.25) is 9.59 Å². The van der Waals surface area contributed by atoms with E-state index >= 15 is 0 Å². The van der Waals surface area contributed by atoms with Crippen molar-refractivity contribution >= 4 is 51.8 Å². The maximum absolute atomic E-state index is 12.4. The number of fused-ring (bicyclic) bond motifs is 1. The van der Waals surface area contributed by atoms with Gasteiger partial charge in [0.25, 0.3) is 5.91 Å². The van der Waals surface area contributed by atoms with Crippen LogP contribution in [0.2, 0.25) is 5.02 Å². The Bertz CT molecular complexity index is 1270. The van der Waals surface area contributed by atoms with Crippen LogP contribution in [0.25, 0.3) is 10.9 Å². The number of thioether (sulfide) groups is 1. The third-order valence-electron chi connectivity index (χ3n) is 5.19. The van der Waals surface area contributed by atoms with Crippen molar-refractivity contribution in [2.75, 3.05) is 17.6 Å². The number of carbonyl (C=O) groups is 2. The highest BCUT2D eigenvalue weighted by molar-refractivity contribution is 8.00. The van der Waals surface area contributed by atoms with Gasteiger partial charge in [0.05, 0.1) is 5.75 Å². The van der Waals surface area contributed by atoms with E-state index in [1.807, 2.05) is 49.5 Å². The summed E-state index contributed by atoms with van der Waals surface area (Å²) in [6, 6.07) is 22.7. The molecule has 0 aliphatic heterocycles. The van der Waals surface area contributed by atoms with Crippen molar-refractivity contribution in [3.8, 4) is 0 Å². The zero-order valence-electron chi connectivity index (χ0n) is 18.2. The highest BCUT2D eigenvalue weighted by Crippen LogP contribution is 2.30. The summed E-state index contributed by atoms with van der Waals surface area (Å²) >= 11 is 7.39. The van der Waals surface area contributed by atoms with Gasteiger partial charge >= 0.3 is 0 Å². The van der Waals surface area contributed by atoms with Crippen LogP contribution in [-0.2, 0) is 11.3 Å². The number of aryl methyl sites for hydroxylation is 1. The smallest absolute Gasteiger partial charge is 0.251 e. The van der Waals surface area contributed by atoms with E-state index in [-0.39, 0.29) is 11.8 Å². The molecule has 3 aromatic carbocycles. The number of amides is 2. The molecule has 0 unspecified atom stereocenters. The maximum Gasteiger partial charge on any atom is 0.251 e. The van der Waals surface area contributed by atoms with Crippen LogP contribution in [0.3, 0.4) is 0 Å². The summed E-state index contributed by atoms with van der Waals surface area (Å²) in [4.78, 5) is 25.8. The molecule has 0 atom stereocenters. The van der Waals surface area contributed by atoms with Gasteiger partial charge in [-0.25, -0.2) is 0 Å². The Labute approximate surface area is 202 Å². The first-order valence-electron chi connectivity index (χ1n) is 10.6. The first-order chi connectivity index (χ1) is 16.0. The molecule has 7 heteroatoms. The van der Waals surface area contributed by atoms with E-state index in [1.165, 1.54) is 11.8 Å². The Morgan fingerprint density at radius 2 is 1.70 bits per heavy atom. The van der Waals surface area contributed by atoms with Crippen molar-refractivity contribution in [3.05, 3.63) is 95.1 Å². The van der Waals surface area contributed by atoms with E-state index in [0.717, 1.165) is 27.0 Å². The Balaban J connectivity index is 1.37. The molecule has 2 amide bonds. The molecule has 0 aliphatic rings. The SMILES string of the molecule is Cc1ccc(C(=O)NCCn2cc(SCC(=O)Nc3ccc(Cl)cc3)c3ccccc32)cc1. The number of aromatic nitrogens is 1. The number of benzene rings is 3. The minimum absolute atomic E-state index is 0.0792. The van der Waals surface area contributed by atoms with Gasteiger partial charge in [-0.15, -0.1) is 11.8 Å². The van der Waals surface area contributed by atoms with Gasteiger partial charge in [0.1, 0.15) is 0 Å². The third kappa shape index (κ3) is 5.97. The van der Waals surface area contributed by atoms with Crippen molar-refractivity contribution in [2.45, 2.75) is 18.4 Å². The number of para-hydroxylation sites is 1. The lowest BCUT2D eigenvalue weighted by atomic mass is 10.1. The summed E-state index contributed by atoms with van der Waals surface area (Å²) in [6.45, 7) is 3.14. The summed E-state index contributed by atoms with van der Waals surface area (Å²) in [6.07, 6.45) is 2.04. The molecule has 5 nitrogen and oxygen atoms in total. The normalized spacial score (nSPS) is 10.8. The molecular formula is C26H24ClN3O2S. The highest BCUT2D eigenvalue weighted by Gasteiger charge is 2.12. The molecule has 168 valence electrons. The van der Waals surface area contributed by atoms with Crippen LogP contribution in [0, 0.1) is 6.92 Å². The van der Waals surface area contributed by atoms with Crippen LogP contribution in [0.4, 0.5) is 5.69 Å².